The van der Waals surface area contributed by atoms with E-state index >= 15 is 0 Å². The standard InChI is InChI=1S/C22H33NO2S/c1-8-9-10-23-14-26-18(20(23)25)13-15-11-16(21(2,3)4)19(24)17(12-15)22(5,6)7/h11-13,24H,8-10,14H2,1-7H3. The van der Waals surface area contributed by atoms with Gasteiger partial charge in [0.05, 0.1) is 10.8 Å². The molecule has 0 atom stereocenters. The van der Waals surface area contributed by atoms with Crippen molar-refractivity contribution in [1.82, 2.24) is 4.90 Å². The van der Waals surface area contributed by atoms with E-state index < -0.39 is 0 Å². The first kappa shape index (κ1) is 20.9. The molecule has 2 rings (SSSR count). The second-order valence-corrected chi connectivity index (χ2v) is 10.2. The van der Waals surface area contributed by atoms with Gasteiger partial charge in [-0.2, -0.15) is 0 Å². The summed E-state index contributed by atoms with van der Waals surface area (Å²) in [5.74, 6) is 1.24. The van der Waals surface area contributed by atoms with Gasteiger partial charge in [-0.25, -0.2) is 0 Å². The van der Waals surface area contributed by atoms with Gasteiger partial charge in [-0.15, -0.1) is 0 Å². The molecule has 0 radical (unpaired) electrons. The molecular formula is C22H33NO2S. The Morgan fingerprint density at radius 1 is 1.12 bits per heavy atom. The number of carbonyl (C=O) groups is 1. The highest BCUT2D eigenvalue weighted by molar-refractivity contribution is 8.04. The molecule has 144 valence electrons. The third-order valence-corrected chi connectivity index (χ3v) is 5.75. The predicted molar refractivity (Wildman–Crippen MR) is 113 cm³/mol. The average molecular weight is 376 g/mol. The quantitative estimate of drug-likeness (QED) is 0.690. The van der Waals surface area contributed by atoms with Crippen molar-refractivity contribution in [3.63, 3.8) is 0 Å². The van der Waals surface area contributed by atoms with Crippen LogP contribution in [0.1, 0.15) is 78.0 Å². The fraction of sp³-hybridized carbons (Fsp3) is 0.591. The van der Waals surface area contributed by atoms with Crippen molar-refractivity contribution in [3.05, 3.63) is 33.7 Å². The molecule has 0 aliphatic carbocycles. The number of unbranched alkanes of at least 4 members (excludes halogenated alkanes) is 1. The monoisotopic (exact) mass is 375 g/mol. The summed E-state index contributed by atoms with van der Waals surface area (Å²) in [5.41, 5.74) is 2.51. The zero-order valence-electron chi connectivity index (χ0n) is 17.3. The molecule has 1 heterocycles. The minimum atomic E-state index is -0.168. The number of carbonyl (C=O) groups excluding carboxylic acids is 1. The highest BCUT2D eigenvalue weighted by Crippen LogP contribution is 2.41. The molecule has 1 aliphatic heterocycles. The molecule has 1 N–H and O–H groups in total. The Kier molecular flexibility index (Phi) is 6.17. The van der Waals surface area contributed by atoms with Gasteiger partial charge in [0, 0.05) is 17.7 Å². The second-order valence-electron chi connectivity index (χ2n) is 9.17. The lowest BCUT2D eigenvalue weighted by atomic mass is 9.78. The van der Waals surface area contributed by atoms with Crippen molar-refractivity contribution in [2.45, 2.75) is 72.1 Å². The molecule has 4 heteroatoms. The van der Waals surface area contributed by atoms with Crippen LogP contribution in [0, 0.1) is 0 Å². The maximum atomic E-state index is 12.6. The van der Waals surface area contributed by atoms with E-state index in [4.69, 9.17) is 0 Å². The normalized spacial score (nSPS) is 17.4. The number of amides is 1. The molecule has 3 nitrogen and oxygen atoms in total. The number of phenolic OH excluding ortho intramolecular Hbond substituents is 1. The van der Waals surface area contributed by atoms with E-state index in [-0.39, 0.29) is 16.7 Å². The number of benzene rings is 1. The zero-order valence-corrected chi connectivity index (χ0v) is 18.1. The fourth-order valence-electron chi connectivity index (χ4n) is 3.08. The maximum Gasteiger partial charge on any atom is 0.261 e. The van der Waals surface area contributed by atoms with Gasteiger partial charge >= 0.3 is 0 Å². The van der Waals surface area contributed by atoms with Crippen LogP contribution >= 0.6 is 11.8 Å². The number of rotatable bonds is 4. The first-order valence-electron chi connectivity index (χ1n) is 9.47. The van der Waals surface area contributed by atoms with Crippen LogP contribution in [0.25, 0.3) is 6.08 Å². The van der Waals surface area contributed by atoms with E-state index in [1.54, 1.807) is 11.8 Å². The van der Waals surface area contributed by atoms with E-state index in [1.807, 2.05) is 23.1 Å². The van der Waals surface area contributed by atoms with Crippen molar-refractivity contribution < 1.29 is 9.90 Å². The van der Waals surface area contributed by atoms with Crippen molar-refractivity contribution in [3.8, 4) is 5.75 Å². The van der Waals surface area contributed by atoms with Gasteiger partial charge in [0.1, 0.15) is 5.75 Å². The summed E-state index contributed by atoms with van der Waals surface area (Å²) >= 11 is 1.61. The van der Waals surface area contributed by atoms with Crippen LogP contribution < -0.4 is 0 Å². The first-order chi connectivity index (χ1) is 11.9. The smallest absolute Gasteiger partial charge is 0.261 e. The highest BCUT2D eigenvalue weighted by Gasteiger charge is 2.28. The molecule has 1 amide bonds. The highest BCUT2D eigenvalue weighted by atomic mass is 32.2. The summed E-state index contributed by atoms with van der Waals surface area (Å²) in [7, 11) is 0. The Balaban J connectivity index is 2.46. The van der Waals surface area contributed by atoms with Gasteiger partial charge in [0.15, 0.2) is 0 Å². The van der Waals surface area contributed by atoms with Crippen molar-refractivity contribution in [2.24, 2.45) is 0 Å². The van der Waals surface area contributed by atoms with Crippen LogP contribution in [-0.4, -0.2) is 28.3 Å². The summed E-state index contributed by atoms with van der Waals surface area (Å²) in [5, 5.41) is 10.8. The molecule has 1 aromatic rings. The molecule has 1 fully saturated rings. The Morgan fingerprint density at radius 2 is 1.65 bits per heavy atom. The van der Waals surface area contributed by atoms with E-state index in [0.29, 0.717) is 5.75 Å². The molecule has 0 unspecified atom stereocenters. The number of thioether (sulfide) groups is 1. The largest absolute Gasteiger partial charge is 0.507 e. The number of hydrogen-bond donors (Lipinski definition) is 1. The molecule has 0 saturated carbocycles. The molecule has 0 bridgehead atoms. The summed E-state index contributed by atoms with van der Waals surface area (Å²) in [6.07, 6.45) is 4.12. The molecular weight excluding hydrogens is 342 g/mol. The van der Waals surface area contributed by atoms with E-state index in [1.165, 1.54) is 0 Å². The van der Waals surface area contributed by atoms with Gasteiger partial charge in [-0.1, -0.05) is 66.6 Å². The van der Waals surface area contributed by atoms with Gasteiger partial charge in [-0.3, -0.25) is 4.79 Å². The van der Waals surface area contributed by atoms with E-state index in [9.17, 15) is 9.90 Å². The third kappa shape index (κ3) is 4.64. The molecule has 26 heavy (non-hydrogen) atoms. The van der Waals surface area contributed by atoms with Crippen LogP contribution in [-0.2, 0) is 15.6 Å². The van der Waals surface area contributed by atoms with Gasteiger partial charge in [0.2, 0.25) is 0 Å². The van der Waals surface area contributed by atoms with E-state index in [2.05, 4.69) is 48.5 Å². The number of phenols is 1. The molecule has 0 spiro atoms. The molecule has 1 saturated heterocycles. The van der Waals surface area contributed by atoms with Crippen molar-refractivity contribution in [1.29, 1.82) is 0 Å². The van der Waals surface area contributed by atoms with Crippen LogP contribution in [0.3, 0.4) is 0 Å². The Labute approximate surface area is 162 Å². The lowest BCUT2D eigenvalue weighted by Crippen LogP contribution is -2.25. The number of hydrogen-bond acceptors (Lipinski definition) is 3. The van der Waals surface area contributed by atoms with E-state index in [0.717, 1.165) is 46.9 Å². The van der Waals surface area contributed by atoms with Crippen molar-refractivity contribution >= 4 is 23.7 Å². The molecule has 1 aromatic carbocycles. The average Bonchev–Trinajstić information content (AvgIpc) is 2.85. The summed E-state index contributed by atoms with van der Waals surface area (Å²) in [6.45, 7) is 15.6. The van der Waals surface area contributed by atoms with Crippen molar-refractivity contribution in [2.75, 3.05) is 12.4 Å². The fourth-order valence-corrected chi connectivity index (χ4v) is 4.09. The van der Waals surface area contributed by atoms with Gasteiger partial charge in [0.25, 0.3) is 5.91 Å². The lowest BCUT2D eigenvalue weighted by Gasteiger charge is -2.28. The summed E-state index contributed by atoms with van der Waals surface area (Å²) in [6, 6.07) is 4.06. The van der Waals surface area contributed by atoms with Crippen LogP contribution in [0.4, 0.5) is 0 Å². The van der Waals surface area contributed by atoms with Crippen LogP contribution in [0.5, 0.6) is 5.75 Å². The SMILES string of the molecule is CCCCN1CSC(=Cc2cc(C(C)(C)C)c(O)c(C(C)(C)C)c2)C1=O. The minimum Gasteiger partial charge on any atom is -0.507 e. The predicted octanol–water partition coefficient (Wildman–Crippen LogP) is 5.66. The lowest BCUT2D eigenvalue weighted by molar-refractivity contribution is -0.124. The Morgan fingerprint density at radius 3 is 2.12 bits per heavy atom. The summed E-state index contributed by atoms with van der Waals surface area (Å²) < 4.78 is 0. The zero-order chi connectivity index (χ0) is 19.7. The maximum absolute atomic E-state index is 12.6. The molecule has 1 aliphatic rings. The molecule has 0 aromatic heterocycles. The Bertz CT molecular complexity index is 673. The number of aromatic hydroxyl groups is 1. The third-order valence-electron chi connectivity index (χ3n) is 4.70. The Hall–Kier alpha value is -1.42. The van der Waals surface area contributed by atoms with Gasteiger partial charge in [-0.05, 0) is 41.0 Å². The van der Waals surface area contributed by atoms with Gasteiger partial charge < -0.3 is 10.0 Å². The first-order valence-corrected chi connectivity index (χ1v) is 10.5. The minimum absolute atomic E-state index is 0.131. The van der Waals surface area contributed by atoms with Crippen LogP contribution in [0.15, 0.2) is 17.0 Å². The second kappa shape index (κ2) is 7.67. The topological polar surface area (TPSA) is 40.5 Å². The summed E-state index contributed by atoms with van der Waals surface area (Å²) in [4.78, 5) is 15.4. The van der Waals surface area contributed by atoms with Crippen LogP contribution in [0.2, 0.25) is 0 Å². The number of nitrogens with zero attached hydrogens (tertiary/aromatic N) is 1.